The number of carbonyl (C=O) groups excluding carboxylic acids is 1. The molecule has 1 fully saturated rings. The summed E-state index contributed by atoms with van der Waals surface area (Å²) < 4.78 is 7.16. The molecule has 1 amide bonds. The van der Waals surface area contributed by atoms with Crippen LogP contribution in [0.2, 0.25) is 0 Å². The summed E-state index contributed by atoms with van der Waals surface area (Å²) in [6, 6.07) is 9.44. The van der Waals surface area contributed by atoms with Crippen molar-refractivity contribution in [2.75, 3.05) is 0 Å². The topological polar surface area (TPSA) is 85.8 Å². The van der Waals surface area contributed by atoms with Crippen LogP contribution < -0.4 is 5.32 Å². The van der Waals surface area contributed by atoms with Crippen LogP contribution in [0.15, 0.2) is 41.2 Å². The van der Waals surface area contributed by atoms with Crippen molar-refractivity contribution in [3.05, 3.63) is 53.8 Å². The molecule has 7 nitrogen and oxygen atoms in total. The fourth-order valence-electron chi connectivity index (χ4n) is 3.23. The van der Waals surface area contributed by atoms with Gasteiger partial charge in [0.15, 0.2) is 0 Å². The fourth-order valence-corrected chi connectivity index (χ4v) is 3.23. The molecule has 0 saturated heterocycles. The molecular formula is C19H21N5O2. The minimum Gasteiger partial charge on any atom is -0.360 e. The van der Waals surface area contributed by atoms with Gasteiger partial charge in [0.1, 0.15) is 29.2 Å². The average molecular weight is 351 g/mol. The maximum atomic E-state index is 13.1. The van der Waals surface area contributed by atoms with Crippen LogP contribution >= 0.6 is 0 Å². The van der Waals surface area contributed by atoms with E-state index in [1.165, 1.54) is 0 Å². The molecule has 134 valence electrons. The number of nitrogens with zero attached hydrogens (tertiary/aromatic N) is 4. The summed E-state index contributed by atoms with van der Waals surface area (Å²) in [4.78, 5) is 17.5. The zero-order chi connectivity index (χ0) is 18.1. The smallest absolute Gasteiger partial charge is 0.257 e. The molecule has 3 aromatic rings. The van der Waals surface area contributed by atoms with Crippen molar-refractivity contribution in [2.24, 2.45) is 5.92 Å². The maximum Gasteiger partial charge on any atom is 0.257 e. The number of benzene rings is 1. The number of aryl methyl sites for hydroxylation is 2. The Morgan fingerprint density at radius 1 is 1.35 bits per heavy atom. The number of nitrogens with one attached hydrogen (secondary N) is 1. The zero-order valence-corrected chi connectivity index (χ0v) is 14.8. The fraction of sp³-hybridized carbons (Fsp3) is 0.368. The zero-order valence-electron chi connectivity index (χ0n) is 14.8. The monoisotopic (exact) mass is 351 g/mol. The predicted octanol–water partition coefficient (Wildman–Crippen LogP) is 3.14. The summed E-state index contributed by atoms with van der Waals surface area (Å²) >= 11 is 0. The number of hydrogen-bond acceptors (Lipinski definition) is 5. The molecule has 1 aliphatic carbocycles. The minimum atomic E-state index is -0.190. The van der Waals surface area contributed by atoms with E-state index in [4.69, 9.17) is 4.52 Å². The Morgan fingerprint density at radius 2 is 2.12 bits per heavy atom. The van der Waals surface area contributed by atoms with Crippen LogP contribution in [0.1, 0.15) is 47.7 Å². The van der Waals surface area contributed by atoms with E-state index in [1.54, 1.807) is 13.3 Å². The largest absolute Gasteiger partial charge is 0.360 e. The summed E-state index contributed by atoms with van der Waals surface area (Å²) in [6.45, 7) is 4.49. The number of amides is 1. The second-order valence-electron chi connectivity index (χ2n) is 6.55. The Balaban J connectivity index is 1.65. The molecule has 1 N–H and O–H groups in total. The van der Waals surface area contributed by atoms with Crippen molar-refractivity contribution in [1.82, 2.24) is 25.2 Å². The van der Waals surface area contributed by atoms with E-state index in [1.807, 2.05) is 41.9 Å². The van der Waals surface area contributed by atoms with Gasteiger partial charge in [0.05, 0.1) is 6.04 Å². The highest BCUT2D eigenvalue weighted by atomic mass is 16.5. The van der Waals surface area contributed by atoms with Gasteiger partial charge in [-0.25, -0.2) is 9.67 Å². The lowest BCUT2D eigenvalue weighted by atomic mass is 10.0. The van der Waals surface area contributed by atoms with Crippen molar-refractivity contribution < 1.29 is 9.32 Å². The van der Waals surface area contributed by atoms with E-state index in [0.717, 1.165) is 30.8 Å². The van der Waals surface area contributed by atoms with E-state index in [2.05, 4.69) is 20.6 Å². The second-order valence-corrected chi connectivity index (χ2v) is 6.55. The lowest BCUT2D eigenvalue weighted by molar-refractivity contribution is 0.0927. The third-order valence-corrected chi connectivity index (χ3v) is 4.74. The molecule has 0 radical (unpaired) electrons. The average Bonchev–Trinajstić information content (AvgIpc) is 3.26. The number of hydrogen-bond donors (Lipinski definition) is 1. The Kier molecular flexibility index (Phi) is 4.28. The van der Waals surface area contributed by atoms with Crippen molar-refractivity contribution in [2.45, 2.75) is 39.3 Å². The molecule has 7 heteroatoms. The molecule has 1 aromatic carbocycles. The first-order valence-corrected chi connectivity index (χ1v) is 8.89. The molecule has 2 aromatic heterocycles. The second kappa shape index (κ2) is 6.74. The Hall–Kier alpha value is -2.96. The van der Waals surface area contributed by atoms with Crippen LogP contribution in [0.25, 0.3) is 11.3 Å². The molecule has 1 aliphatic rings. The Labute approximate surface area is 151 Å². The van der Waals surface area contributed by atoms with Crippen LogP contribution in [-0.4, -0.2) is 25.8 Å². The number of aromatic nitrogens is 4. The lowest BCUT2D eigenvalue weighted by Crippen LogP contribution is -2.32. The van der Waals surface area contributed by atoms with E-state index in [0.29, 0.717) is 22.9 Å². The molecule has 0 spiro atoms. The van der Waals surface area contributed by atoms with Gasteiger partial charge in [0, 0.05) is 12.1 Å². The normalized spacial score (nSPS) is 15.0. The molecule has 0 bridgehead atoms. The summed E-state index contributed by atoms with van der Waals surface area (Å²) in [7, 11) is 0. The van der Waals surface area contributed by atoms with Crippen LogP contribution in [0.3, 0.4) is 0 Å². The SMILES string of the molecule is CCn1ncnc1[C@H](NC(=O)c1c(-c2ccccc2)noc1C)C1CC1. The predicted molar refractivity (Wildman–Crippen MR) is 95.3 cm³/mol. The van der Waals surface area contributed by atoms with Crippen LogP contribution in [0.5, 0.6) is 0 Å². The van der Waals surface area contributed by atoms with Crippen molar-refractivity contribution in [3.8, 4) is 11.3 Å². The summed E-state index contributed by atoms with van der Waals surface area (Å²) in [5.41, 5.74) is 1.89. The highest BCUT2D eigenvalue weighted by molar-refractivity contribution is 6.01. The van der Waals surface area contributed by atoms with E-state index in [-0.39, 0.29) is 11.9 Å². The third kappa shape index (κ3) is 3.00. The summed E-state index contributed by atoms with van der Waals surface area (Å²) in [5.74, 6) is 1.52. The minimum absolute atomic E-state index is 0.150. The molecule has 1 atom stereocenters. The summed E-state index contributed by atoms with van der Waals surface area (Å²) in [6.07, 6.45) is 3.70. The first-order valence-electron chi connectivity index (χ1n) is 8.89. The molecule has 26 heavy (non-hydrogen) atoms. The molecule has 2 heterocycles. The van der Waals surface area contributed by atoms with Crippen LogP contribution in [-0.2, 0) is 6.54 Å². The molecule has 1 saturated carbocycles. The van der Waals surface area contributed by atoms with Gasteiger partial charge in [-0.1, -0.05) is 35.5 Å². The standard InChI is InChI=1S/C19H21N5O2/c1-3-24-18(20-11-21-24)17(14-9-10-14)22-19(25)15-12(2)26-23-16(15)13-7-5-4-6-8-13/h4-8,11,14,17H,3,9-10H2,1-2H3,(H,22,25)/t17-/m1/s1. The Morgan fingerprint density at radius 3 is 2.81 bits per heavy atom. The van der Waals surface area contributed by atoms with Gasteiger partial charge < -0.3 is 9.84 Å². The van der Waals surface area contributed by atoms with E-state index in [9.17, 15) is 4.79 Å². The number of carbonyl (C=O) groups is 1. The molecule has 0 unspecified atom stereocenters. The summed E-state index contributed by atoms with van der Waals surface area (Å²) in [5, 5.41) is 11.5. The van der Waals surface area contributed by atoms with E-state index < -0.39 is 0 Å². The van der Waals surface area contributed by atoms with Gasteiger partial charge in [-0.15, -0.1) is 0 Å². The van der Waals surface area contributed by atoms with Crippen molar-refractivity contribution in [3.63, 3.8) is 0 Å². The molecular weight excluding hydrogens is 330 g/mol. The van der Waals surface area contributed by atoms with Gasteiger partial charge in [0.25, 0.3) is 5.91 Å². The van der Waals surface area contributed by atoms with Gasteiger partial charge >= 0.3 is 0 Å². The van der Waals surface area contributed by atoms with Gasteiger partial charge in [-0.3, -0.25) is 4.79 Å². The van der Waals surface area contributed by atoms with Crippen LogP contribution in [0, 0.1) is 12.8 Å². The van der Waals surface area contributed by atoms with Gasteiger partial charge in [-0.05, 0) is 32.6 Å². The van der Waals surface area contributed by atoms with Gasteiger partial charge in [-0.2, -0.15) is 5.10 Å². The lowest BCUT2D eigenvalue weighted by Gasteiger charge is -2.18. The quantitative estimate of drug-likeness (QED) is 0.737. The molecule has 4 rings (SSSR count). The first-order chi connectivity index (χ1) is 12.7. The first kappa shape index (κ1) is 16.5. The van der Waals surface area contributed by atoms with E-state index >= 15 is 0 Å². The maximum absolute atomic E-state index is 13.1. The van der Waals surface area contributed by atoms with Crippen molar-refractivity contribution in [1.29, 1.82) is 0 Å². The highest BCUT2D eigenvalue weighted by Gasteiger charge is 2.37. The van der Waals surface area contributed by atoms with Crippen molar-refractivity contribution >= 4 is 5.91 Å². The molecule has 0 aliphatic heterocycles. The third-order valence-electron chi connectivity index (χ3n) is 4.74. The Bertz CT molecular complexity index is 911. The van der Waals surface area contributed by atoms with Crippen LogP contribution in [0.4, 0.5) is 0 Å². The number of rotatable bonds is 6. The van der Waals surface area contributed by atoms with Gasteiger partial charge in [0.2, 0.25) is 0 Å². The highest BCUT2D eigenvalue weighted by Crippen LogP contribution is 2.40.